The molecule has 1 aliphatic rings. The van der Waals surface area contributed by atoms with Crippen LogP contribution in [-0.2, 0) is 4.79 Å². The first-order valence-electron chi connectivity index (χ1n) is 9.44. The minimum atomic E-state index is -0.323. The molecule has 3 rings (SSSR count). The van der Waals surface area contributed by atoms with Gasteiger partial charge in [-0.25, -0.2) is 0 Å². The smallest absolute Gasteiger partial charge is 0.254 e. The van der Waals surface area contributed by atoms with Gasteiger partial charge in [-0.1, -0.05) is 36.4 Å². The number of piperazine rings is 1. The highest BCUT2D eigenvalue weighted by atomic mass is 32.1. The Morgan fingerprint density at radius 2 is 1.72 bits per heavy atom. The van der Waals surface area contributed by atoms with E-state index in [0.29, 0.717) is 11.3 Å². The summed E-state index contributed by atoms with van der Waals surface area (Å²) in [6, 6.07) is 16.7. The van der Waals surface area contributed by atoms with Crippen molar-refractivity contribution in [2.45, 2.75) is 0 Å². The Bertz CT molecular complexity index is 906. The normalized spacial score (nSPS) is 14.6. The van der Waals surface area contributed by atoms with E-state index in [2.05, 4.69) is 22.6 Å². The van der Waals surface area contributed by atoms with E-state index in [9.17, 15) is 9.59 Å². The average Bonchev–Trinajstić information content (AvgIpc) is 2.73. The zero-order valence-corrected chi connectivity index (χ0v) is 17.1. The fraction of sp³-hybridized carbons (Fsp3) is 0.227. The van der Waals surface area contributed by atoms with Crippen molar-refractivity contribution in [1.29, 1.82) is 0 Å². The first-order chi connectivity index (χ1) is 14.0. The van der Waals surface area contributed by atoms with Crippen LogP contribution in [0.4, 0.5) is 5.69 Å². The molecule has 0 radical (unpaired) electrons. The molecule has 2 aromatic carbocycles. The van der Waals surface area contributed by atoms with E-state index < -0.39 is 0 Å². The lowest BCUT2D eigenvalue weighted by Gasteiger charge is -2.32. The first kappa shape index (κ1) is 20.7. The van der Waals surface area contributed by atoms with Crippen molar-refractivity contribution in [3.63, 3.8) is 0 Å². The zero-order valence-electron chi connectivity index (χ0n) is 16.3. The minimum absolute atomic E-state index is 0.00231. The number of hydrogen-bond donors (Lipinski definition) is 2. The third-order valence-electron chi connectivity index (χ3n) is 4.62. The molecule has 0 bridgehead atoms. The van der Waals surface area contributed by atoms with Gasteiger partial charge in [0.25, 0.3) is 5.91 Å². The molecule has 150 valence electrons. The van der Waals surface area contributed by atoms with Crippen LogP contribution in [0.3, 0.4) is 0 Å². The third-order valence-corrected chi connectivity index (χ3v) is 4.83. The van der Waals surface area contributed by atoms with Crippen molar-refractivity contribution < 1.29 is 9.59 Å². The Labute approximate surface area is 176 Å². The molecule has 2 aromatic rings. The van der Waals surface area contributed by atoms with Gasteiger partial charge in [-0.15, -0.1) is 0 Å². The van der Waals surface area contributed by atoms with Gasteiger partial charge in [-0.3, -0.25) is 14.9 Å². The van der Waals surface area contributed by atoms with Crippen LogP contribution >= 0.6 is 12.2 Å². The maximum Gasteiger partial charge on any atom is 0.254 e. The summed E-state index contributed by atoms with van der Waals surface area (Å²) in [5.74, 6) is -0.321. The number of hydrogen-bond acceptors (Lipinski definition) is 4. The molecule has 6 nitrogen and oxygen atoms in total. The molecule has 1 heterocycles. The molecule has 0 spiro atoms. The molecule has 29 heavy (non-hydrogen) atoms. The fourth-order valence-electron chi connectivity index (χ4n) is 2.97. The van der Waals surface area contributed by atoms with Crippen LogP contribution < -0.4 is 10.6 Å². The number of thiocarbonyl (C=S) groups is 1. The van der Waals surface area contributed by atoms with Crippen LogP contribution in [0, 0.1) is 0 Å². The Kier molecular flexibility index (Phi) is 7.10. The van der Waals surface area contributed by atoms with Crippen LogP contribution in [0.25, 0.3) is 6.08 Å². The maximum absolute atomic E-state index is 12.7. The number of nitrogens with one attached hydrogen (secondary N) is 2. The van der Waals surface area contributed by atoms with Gasteiger partial charge >= 0.3 is 0 Å². The fourth-order valence-corrected chi connectivity index (χ4v) is 3.19. The van der Waals surface area contributed by atoms with Gasteiger partial charge < -0.3 is 15.1 Å². The highest BCUT2D eigenvalue weighted by molar-refractivity contribution is 7.80. The van der Waals surface area contributed by atoms with E-state index in [0.717, 1.165) is 31.7 Å². The molecule has 2 amide bonds. The quantitative estimate of drug-likeness (QED) is 0.601. The average molecular weight is 409 g/mol. The Morgan fingerprint density at radius 1 is 1.00 bits per heavy atom. The Morgan fingerprint density at radius 3 is 2.45 bits per heavy atom. The van der Waals surface area contributed by atoms with E-state index in [1.165, 1.54) is 6.08 Å². The topological polar surface area (TPSA) is 64.7 Å². The standard InChI is InChI=1S/C22H24N4O2S/c1-25-12-14-26(15-13-25)21(28)18-8-5-9-19(16-18)23-22(29)24-20(27)11-10-17-6-3-2-4-7-17/h2-11,16H,12-15H2,1H3,(H2,23,24,27,29)/b11-10+. The van der Waals surface area contributed by atoms with Gasteiger partial charge in [0.05, 0.1) is 0 Å². The van der Waals surface area contributed by atoms with Crippen LogP contribution in [0.1, 0.15) is 15.9 Å². The summed E-state index contributed by atoms with van der Waals surface area (Å²) in [5, 5.41) is 5.75. The number of amides is 2. The predicted molar refractivity (Wildman–Crippen MR) is 120 cm³/mol. The second kappa shape index (κ2) is 9.95. The molecule has 0 saturated carbocycles. The van der Waals surface area contributed by atoms with Crippen molar-refractivity contribution in [3.8, 4) is 0 Å². The van der Waals surface area contributed by atoms with E-state index in [1.54, 1.807) is 30.3 Å². The predicted octanol–water partition coefficient (Wildman–Crippen LogP) is 2.60. The lowest BCUT2D eigenvalue weighted by Crippen LogP contribution is -2.47. The summed E-state index contributed by atoms with van der Waals surface area (Å²) in [6.07, 6.45) is 3.14. The van der Waals surface area contributed by atoms with Crippen molar-refractivity contribution in [3.05, 3.63) is 71.8 Å². The minimum Gasteiger partial charge on any atom is -0.336 e. The molecule has 7 heteroatoms. The molecule has 0 unspecified atom stereocenters. The highest BCUT2D eigenvalue weighted by Crippen LogP contribution is 2.14. The second-order valence-corrected chi connectivity index (χ2v) is 7.27. The molecule has 1 fully saturated rings. The van der Waals surface area contributed by atoms with Gasteiger partial charge in [-0.05, 0) is 49.1 Å². The summed E-state index contributed by atoms with van der Waals surface area (Å²) in [6.45, 7) is 3.18. The number of rotatable bonds is 4. The van der Waals surface area contributed by atoms with E-state index in [4.69, 9.17) is 12.2 Å². The molecule has 2 N–H and O–H groups in total. The zero-order chi connectivity index (χ0) is 20.6. The van der Waals surface area contributed by atoms with Gasteiger partial charge in [-0.2, -0.15) is 0 Å². The second-order valence-electron chi connectivity index (χ2n) is 6.86. The lowest BCUT2D eigenvalue weighted by molar-refractivity contribution is -0.115. The molecule has 1 aliphatic heterocycles. The number of likely N-dealkylation sites (N-methyl/N-ethyl adjacent to an activating group) is 1. The number of anilines is 1. The first-order valence-corrected chi connectivity index (χ1v) is 9.85. The number of carbonyl (C=O) groups excluding carboxylic acids is 2. The van der Waals surface area contributed by atoms with Crippen molar-refractivity contribution in [1.82, 2.24) is 15.1 Å². The molecule has 0 aliphatic carbocycles. The Balaban J connectivity index is 1.55. The molecular formula is C22H24N4O2S. The third kappa shape index (κ3) is 6.23. The Hall–Kier alpha value is -3.03. The van der Waals surface area contributed by atoms with E-state index >= 15 is 0 Å². The number of carbonyl (C=O) groups is 2. The van der Waals surface area contributed by atoms with Crippen molar-refractivity contribution in [2.75, 3.05) is 38.5 Å². The largest absolute Gasteiger partial charge is 0.336 e. The monoisotopic (exact) mass is 408 g/mol. The van der Waals surface area contributed by atoms with Crippen LogP contribution in [0.2, 0.25) is 0 Å². The summed E-state index contributed by atoms with van der Waals surface area (Å²) in [7, 11) is 2.05. The summed E-state index contributed by atoms with van der Waals surface area (Å²) < 4.78 is 0. The number of benzene rings is 2. The van der Waals surface area contributed by atoms with Crippen LogP contribution in [-0.4, -0.2) is 60.0 Å². The summed E-state index contributed by atoms with van der Waals surface area (Å²) in [5.41, 5.74) is 2.18. The number of nitrogens with zero attached hydrogens (tertiary/aromatic N) is 2. The summed E-state index contributed by atoms with van der Waals surface area (Å²) >= 11 is 5.21. The molecule has 1 saturated heterocycles. The molecule has 0 aromatic heterocycles. The van der Waals surface area contributed by atoms with Crippen LogP contribution in [0.5, 0.6) is 0 Å². The van der Waals surface area contributed by atoms with Gasteiger partial charge in [0.2, 0.25) is 5.91 Å². The highest BCUT2D eigenvalue weighted by Gasteiger charge is 2.20. The molecular weight excluding hydrogens is 384 g/mol. The van der Waals surface area contributed by atoms with Crippen LogP contribution in [0.15, 0.2) is 60.7 Å². The van der Waals surface area contributed by atoms with E-state index in [1.807, 2.05) is 35.2 Å². The maximum atomic E-state index is 12.7. The lowest BCUT2D eigenvalue weighted by atomic mass is 10.1. The molecule has 0 atom stereocenters. The van der Waals surface area contributed by atoms with Crippen molar-refractivity contribution in [2.24, 2.45) is 0 Å². The van der Waals surface area contributed by atoms with Gasteiger partial charge in [0.1, 0.15) is 0 Å². The van der Waals surface area contributed by atoms with E-state index in [-0.39, 0.29) is 16.9 Å². The SMILES string of the molecule is CN1CCN(C(=O)c2cccc(NC(=S)NC(=O)/C=C/c3ccccc3)c2)CC1. The van der Waals surface area contributed by atoms with Gasteiger partial charge in [0, 0.05) is 43.5 Å². The summed E-state index contributed by atoms with van der Waals surface area (Å²) in [4.78, 5) is 28.8. The van der Waals surface area contributed by atoms with Crippen molar-refractivity contribution >= 4 is 40.9 Å². The van der Waals surface area contributed by atoms with Gasteiger partial charge in [0.15, 0.2) is 5.11 Å².